The van der Waals surface area contributed by atoms with Crippen molar-refractivity contribution < 1.29 is 4.79 Å². The molecule has 1 aromatic carbocycles. The van der Waals surface area contributed by atoms with E-state index in [0.29, 0.717) is 12.6 Å². The first-order chi connectivity index (χ1) is 8.74. The number of benzene rings is 1. The summed E-state index contributed by atoms with van der Waals surface area (Å²) in [5, 5.41) is 6.48. The van der Waals surface area contributed by atoms with E-state index in [2.05, 4.69) is 22.8 Å². The van der Waals surface area contributed by atoms with Gasteiger partial charge < -0.3 is 15.5 Å². The van der Waals surface area contributed by atoms with Gasteiger partial charge in [0.2, 0.25) is 5.91 Å². The van der Waals surface area contributed by atoms with Gasteiger partial charge in [0.1, 0.15) is 0 Å². The van der Waals surface area contributed by atoms with Gasteiger partial charge in [0.25, 0.3) is 0 Å². The number of nitrogens with one attached hydrogen (secondary N) is 2. The predicted octanol–water partition coefficient (Wildman–Crippen LogP) is 1.89. The van der Waals surface area contributed by atoms with Crippen LogP contribution in [-0.4, -0.2) is 26.0 Å². The highest BCUT2D eigenvalue weighted by molar-refractivity contribution is 6.01. The largest absolute Gasteiger partial charge is 0.364 e. The molecule has 3 rings (SSSR count). The Balaban J connectivity index is 1.90. The highest BCUT2D eigenvalue weighted by Crippen LogP contribution is 2.33. The van der Waals surface area contributed by atoms with Crippen molar-refractivity contribution in [2.45, 2.75) is 25.3 Å². The lowest BCUT2D eigenvalue weighted by Gasteiger charge is -2.30. The van der Waals surface area contributed by atoms with Crippen LogP contribution in [0.3, 0.4) is 0 Å². The summed E-state index contributed by atoms with van der Waals surface area (Å²) in [5.41, 5.74) is 3.38. The number of fused-ring (bicyclic) bond motifs is 1. The molecule has 0 bridgehead atoms. The van der Waals surface area contributed by atoms with Crippen LogP contribution in [-0.2, 0) is 4.79 Å². The Kier molecular flexibility index (Phi) is 2.96. The number of likely N-dealkylation sites (N-methyl/N-ethyl adjacent to an activating group) is 1. The minimum absolute atomic E-state index is 0.0635. The molecule has 18 heavy (non-hydrogen) atoms. The summed E-state index contributed by atoms with van der Waals surface area (Å²) in [5.74, 6) is 0.0635. The molecular formula is C14H19N3O. The Morgan fingerprint density at radius 1 is 1.33 bits per heavy atom. The molecule has 1 saturated heterocycles. The quantitative estimate of drug-likeness (QED) is 0.794. The molecule has 1 amide bonds. The third kappa shape index (κ3) is 2.08. The Morgan fingerprint density at radius 2 is 2.22 bits per heavy atom. The summed E-state index contributed by atoms with van der Waals surface area (Å²) >= 11 is 0. The Labute approximate surface area is 107 Å². The molecule has 0 spiro atoms. The van der Waals surface area contributed by atoms with E-state index in [1.54, 1.807) is 0 Å². The van der Waals surface area contributed by atoms with Gasteiger partial charge in [0, 0.05) is 13.1 Å². The molecule has 1 aromatic rings. The van der Waals surface area contributed by atoms with E-state index in [1.165, 1.54) is 24.8 Å². The SMILES string of the molecule is CN1CC(=O)Nc2ccc(C3CCCCN3)cc21. The van der Waals surface area contributed by atoms with Gasteiger partial charge in [-0.2, -0.15) is 0 Å². The second kappa shape index (κ2) is 4.61. The van der Waals surface area contributed by atoms with E-state index in [9.17, 15) is 4.79 Å². The van der Waals surface area contributed by atoms with Crippen molar-refractivity contribution in [3.05, 3.63) is 23.8 Å². The maximum atomic E-state index is 11.5. The number of hydrogen-bond acceptors (Lipinski definition) is 3. The molecule has 1 unspecified atom stereocenters. The summed E-state index contributed by atoms with van der Waals surface area (Å²) in [6.07, 6.45) is 3.77. The molecule has 4 heteroatoms. The zero-order valence-corrected chi connectivity index (χ0v) is 10.7. The maximum Gasteiger partial charge on any atom is 0.243 e. The molecule has 2 N–H and O–H groups in total. The van der Waals surface area contributed by atoms with Gasteiger partial charge in [0.15, 0.2) is 0 Å². The highest BCUT2D eigenvalue weighted by atomic mass is 16.2. The topological polar surface area (TPSA) is 44.4 Å². The van der Waals surface area contributed by atoms with Crippen LogP contribution in [0, 0.1) is 0 Å². The van der Waals surface area contributed by atoms with Gasteiger partial charge in [-0.15, -0.1) is 0 Å². The normalized spacial score (nSPS) is 23.5. The number of piperidine rings is 1. The third-order valence-electron chi connectivity index (χ3n) is 3.80. The zero-order valence-electron chi connectivity index (χ0n) is 10.7. The monoisotopic (exact) mass is 245 g/mol. The smallest absolute Gasteiger partial charge is 0.243 e. The molecule has 0 saturated carbocycles. The first kappa shape index (κ1) is 11.5. The van der Waals surface area contributed by atoms with E-state index in [0.717, 1.165) is 17.9 Å². The number of nitrogens with zero attached hydrogens (tertiary/aromatic N) is 1. The van der Waals surface area contributed by atoms with Crippen LogP contribution >= 0.6 is 0 Å². The second-order valence-corrected chi connectivity index (χ2v) is 5.18. The lowest BCUT2D eigenvalue weighted by atomic mass is 9.96. The number of amides is 1. The molecule has 2 aliphatic heterocycles. The van der Waals surface area contributed by atoms with Gasteiger partial charge in [-0.05, 0) is 37.1 Å². The molecule has 96 valence electrons. The van der Waals surface area contributed by atoms with Crippen molar-refractivity contribution in [3.63, 3.8) is 0 Å². The van der Waals surface area contributed by atoms with E-state index in [-0.39, 0.29) is 5.91 Å². The van der Waals surface area contributed by atoms with E-state index >= 15 is 0 Å². The second-order valence-electron chi connectivity index (χ2n) is 5.18. The van der Waals surface area contributed by atoms with Gasteiger partial charge in [-0.25, -0.2) is 0 Å². The van der Waals surface area contributed by atoms with Gasteiger partial charge >= 0.3 is 0 Å². The Bertz CT molecular complexity index is 466. The number of hydrogen-bond donors (Lipinski definition) is 2. The van der Waals surface area contributed by atoms with Gasteiger partial charge in [0.05, 0.1) is 17.9 Å². The standard InChI is InChI=1S/C14H19N3O/c1-17-9-14(18)16-12-6-5-10(8-13(12)17)11-4-2-3-7-15-11/h5-6,8,11,15H,2-4,7,9H2,1H3,(H,16,18). The lowest BCUT2D eigenvalue weighted by Crippen LogP contribution is -2.35. The fourth-order valence-corrected chi connectivity index (χ4v) is 2.81. The third-order valence-corrected chi connectivity index (χ3v) is 3.80. The number of carbonyl (C=O) groups excluding carboxylic acids is 1. The van der Waals surface area contributed by atoms with Crippen molar-refractivity contribution in [2.75, 3.05) is 30.4 Å². The van der Waals surface area contributed by atoms with Gasteiger partial charge in [-0.3, -0.25) is 4.79 Å². The first-order valence-corrected chi connectivity index (χ1v) is 6.62. The molecular weight excluding hydrogens is 226 g/mol. The van der Waals surface area contributed by atoms with Crippen LogP contribution < -0.4 is 15.5 Å². The Morgan fingerprint density at radius 3 is 3.00 bits per heavy atom. The summed E-state index contributed by atoms with van der Waals surface area (Å²) in [6.45, 7) is 1.54. The fraction of sp³-hybridized carbons (Fsp3) is 0.500. The molecule has 2 aliphatic rings. The summed E-state index contributed by atoms with van der Waals surface area (Å²) in [6, 6.07) is 6.82. The van der Waals surface area contributed by atoms with Crippen LogP contribution in [0.25, 0.3) is 0 Å². The summed E-state index contributed by atoms with van der Waals surface area (Å²) in [4.78, 5) is 13.5. The molecule has 0 radical (unpaired) electrons. The minimum atomic E-state index is 0.0635. The average Bonchev–Trinajstić information content (AvgIpc) is 2.39. The molecule has 0 aromatic heterocycles. The van der Waals surface area contributed by atoms with Crippen LogP contribution in [0.1, 0.15) is 30.9 Å². The van der Waals surface area contributed by atoms with Crippen molar-refractivity contribution in [1.29, 1.82) is 0 Å². The van der Waals surface area contributed by atoms with Crippen LogP contribution in [0.5, 0.6) is 0 Å². The van der Waals surface area contributed by atoms with E-state index < -0.39 is 0 Å². The van der Waals surface area contributed by atoms with E-state index in [4.69, 9.17) is 0 Å². The van der Waals surface area contributed by atoms with Crippen molar-refractivity contribution in [1.82, 2.24) is 5.32 Å². The van der Waals surface area contributed by atoms with Crippen molar-refractivity contribution in [2.24, 2.45) is 0 Å². The number of rotatable bonds is 1. The van der Waals surface area contributed by atoms with Crippen molar-refractivity contribution in [3.8, 4) is 0 Å². The maximum absolute atomic E-state index is 11.5. The fourth-order valence-electron chi connectivity index (χ4n) is 2.81. The van der Waals surface area contributed by atoms with Crippen molar-refractivity contribution >= 4 is 17.3 Å². The Hall–Kier alpha value is -1.55. The zero-order chi connectivity index (χ0) is 12.5. The van der Waals surface area contributed by atoms with Gasteiger partial charge in [-0.1, -0.05) is 12.5 Å². The lowest BCUT2D eigenvalue weighted by molar-refractivity contribution is -0.115. The van der Waals surface area contributed by atoms with Crippen LogP contribution in [0.4, 0.5) is 11.4 Å². The number of carbonyl (C=O) groups is 1. The molecule has 2 heterocycles. The molecule has 0 aliphatic carbocycles. The molecule has 4 nitrogen and oxygen atoms in total. The summed E-state index contributed by atoms with van der Waals surface area (Å²) < 4.78 is 0. The summed E-state index contributed by atoms with van der Waals surface area (Å²) in [7, 11) is 1.97. The first-order valence-electron chi connectivity index (χ1n) is 6.62. The molecule has 1 fully saturated rings. The highest BCUT2D eigenvalue weighted by Gasteiger charge is 2.21. The predicted molar refractivity (Wildman–Crippen MR) is 72.9 cm³/mol. The minimum Gasteiger partial charge on any atom is -0.364 e. The number of anilines is 2. The average molecular weight is 245 g/mol. The molecule has 1 atom stereocenters. The van der Waals surface area contributed by atoms with Crippen LogP contribution in [0.2, 0.25) is 0 Å². The van der Waals surface area contributed by atoms with E-state index in [1.807, 2.05) is 18.0 Å². The van der Waals surface area contributed by atoms with Crippen LogP contribution in [0.15, 0.2) is 18.2 Å².